The Balaban J connectivity index is 1.31. The number of fused-ring (bicyclic) bond motifs is 5. The molecule has 4 fully saturated rings. The molecule has 1 aromatic rings. The van der Waals surface area contributed by atoms with Crippen molar-refractivity contribution in [1.29, 1.82) is 0 Å². The monoisotopic (exact) mass is 396 g/mol. The summed E-state index contributed by atoms with van der Waals surface area (Å²) < 4.78 is 0. The summed E-state index contributed by atoms with van der Waals surface area (Å²) >= 11 is 0. The number of anilines is 1. The fourth-order valence-corrected chi connectivity index (χ4v) is 8.76. The first-order valence-corrected chi connectivity index (χ1v) is 12.3. The van der Waals surface area contributed by atoms with Crippen LogP contribution >= 0.6 is 0 Å². The van der Waals surface area contributed by atoms with E-state index >= 15 is 0 Å². The molecule has 0 bridgehead atoms. The molecule has 4 saturated carbocycles. The average molecular weight is 397 g/mol. The molecule has 4 aliphatic rings. The van der Waals surface area contributed by atoms with Crippen LogP contribution in [0.2, 0.25) is 0 Å². The maximum atomic E-state index is 10.6. The first-order chi connectivity index (χ1) is 13.9. The Bertz CT molecular complexity index is 719. The van der Waals surface area contributed by atoms with Crippen molar-refractivity contribution in [2.75, 3.05) is 5.32 Å². The quantitative estimate of drug-likeness (QED) is 0.668. The zero-order valence-electron chi connectivity index (χ0n) is 18.6. The predicted molar refractivity (Wildman–Crippen MR) is 119 cm³/mol. The number of hydrogen-bond acceptors (Lipinski definition) is 3. The molecule has 3 heteroatoms. The summed E-state index contributed by atoms with van der Waals surface area (Å²) in [5, 5.41) is 14.4. The Kier molecular flexibility index (Phi) is 4.96. The van der Waals surface area contributed by atoms with E-state index < -0.39 is 5.60 Å². The minimum absolute atomic E-state index is 0.400. The topological polar surface area (TPSA) is 45.2 Å². The van der Waals surface area contributed by atoms with E-state index in [-0.39, 0.29) is 0 Å². The van der Waals surface area contributed by atoms with E-state index in [0.717, 1.165) is 54.0 Å². The van der Waals surface area contributed by atoms with Crippen LogP contribution in [0.5, 0.6) is 0 Å². The van der Waals surface area contributed by atoms with Gasteiger partial charge in [0.2, 0.25) is 0 Å². The summed E-state index contributed by atoms with van der Waals surface area (Å²) in [6.07, 6.45) is 15.6. The largest absolute Gasteiger partial charge is 0.390 e. The molecule has 4 aliphatic carbocycles. The lowest BCUT2D eigenvalue weighted by Crippen LogP contribution is -2.51. The highest BCUT2D eigenvalue weighted by atomic mass is 16.3. The third kappa shape index (κ3) is 3.42. The first kappa shape index (κ1) is 19.8. The number of aliphatic hydroxyl groups is 1. The molecule has 1 aromatic heterocycles. The normalized spacial score (nSPS) is 47.6. The number of nitrogens with zero attached hydrogens (tertiary/aromatic N) is 1. The molecular formula is C26H40N2O. The second-order valence-electron chi connectivity index (χ2n) is 11.6. The molecule has 29 heavy (non-hydrogen) atoms. The van der Waals surface area contributed by atoms with Gasteiger partial charge in [0.1, 0.15) is 0 Å². The highest BCUT2D eigenvalue weighted by Gasteiger charge is 2.58. The molecule has 0 spiro atoms. The maximum absolute atomic E-state index is 10.6. The highest BCUT2D eigenvalue weighted by molar-refractivity contribution is 5.41. The van der Waals surface area contributed by atoms with Crippen molar-refractivity contribution in [3.63, 3.8) is 0 Å². The first-order valence-electron chi connectivity index (χ1n) is 12.3. The lowest BCUT2D eigenvalue weighted by Gasteiger charge is -2.57. The Morgan fingerprint density at radius 2 is 1.86 bits per heavy atom. The zero-order valence-corrected chi connectivity index (χ0v) is 18.6. The Morgan fingerprint density at radius 3 is 2.66 bits per heavy atom. The van der Waals surface area contributed by atoms with E-state index in [2.05, 4.69) is 37.1 Å². The van der Waals surface area contributed by atoms with E-state index in [1.54, 1.807) is 0 Å². The van der Waals surface area contributed by atoms with Gasteiger partial charge in [-0.3, -0.25) is 4.98 Å². The van der Waals surface area contributed by atoms with Gasteiger partial charge in [-0.25, -0.2) is 0 Å². The van der Waals surface area contributed by atoms with Crippen molar-refractivity contribution < 1.29 is 5.11 Å². The van der Waals surface area contributed by atoms with E-state index in [9.17, 15) is 5.11 Å². The SMILES string of the molecule is C[C@H](Nc1cccnc1)[C@H]1CC[C@H]2[C@@H]3CC[C@@H]4C[C@](C)(O)CC[C@@H]4[C@H]3CC[C@]12C. The van der Waals surface area contributed by atoms with Gasteiger partial charge in [0.25, 0.3) is 0 Å². The van der Waals surface area contributed by atoms with E-state index in [4.69, 9.17) is 0 Å². The molecule has 3 nitrogen and oxygen atoms in total. The Morgan fingerprint density at radius 1 is 1.03 bits per heavy atom. The number of nitrogens with one attached hydrogen (secondary N) is 1. The van der Waals surface area contributed by atoms with E-state index in [0.29, 0.717) is 11.5 Å². The van der Waals surface area contributed by atoms with Crippen LogP contribution in [-0.2, 0) is 0 Å². The molecule has 0 amide bonds. The minimum Gasteiger partial charge on any atom is -0.390 e. The van der Waals surface area contributed by atoms with Crippen LogP contribution in [0.1, 0.15) is 78.6 Å². The van der Waals surface area contributed by atoms with Crippen LogP contribution in [0.15, 0.2) is 24.5 Å². The minimum atomic E-state index is -0.400. The number of hydrogen-bond donors (Lipinski definition) is 2. The zero-order chi connectivity index (χ0) is 20.2. The predicted octanol–water partition coefficient (Wildman–Crippen LogP) is 5.90. The van der Waals surface area contributed by atoms with Gasteiger partial charge in [-0.2, -0.15) is 0 Å². The number of aromatic nitrogens is 1. The Labute approximate surface area is 177 Å². The third-order valence-corrected chi connectivity index (χ3v) is 9.97. The van der Waals surface area contributed by atoms with Crippen LogP contribution in [0.25, 0.3) is 0 Å². The van der Waals surface area contributed by atoms with Crippen LogP contribution in [0, 0.1) is 40.9 Å². The lowest BCUT2D eigenvalue weighted by molar-refractivity contribution is -0.100. The van der Waals surface area contributed by atoms with Gasteiger partial charge in [0.05, 0.1) is 11.3 Å². The van der Waals surface area contributed by atoms with Gasteiger partial charge in [-0.1, -0.05) is 6.92 Å². The van der Waals surface area contributed by atoms with Crippen LogP contribution < -0.4 is 5.32 Å². The average Bonchev–Trinajstić information content (AvgIpc) is 3.05. The fourth-order valence-electron chi connectivity index (χ4n) is 8.76. The summed E-state index contributed by atoms with van der Waals surface area (Å²) in [4.78, 5) is 4.29. The number of rotatable bonds is 3. The van der Waals surface area contributed by atoms with Crippen LogP contribution in [-0.4, -0.2) is 21.7 Å². The van der Waals surface area contributed by atoms with Gasteiger partial charge in [-0.05, 0) is 125 Å². The number of pyridine rings is 1. The molecule has 0 radical (unpaired) electrons. The van der Waals surface area contributed by atoms with Crippen molar-refractivity contribution >= 4 is 5.69 Å². The van der Waals surface area contributed by atoms with E-state index in [1.807, 2.05) is 18.5 Å². The summed E-state index contributed by atoms with van der Waals surface area (Å²) in [6, 6.07) is 4.68. The van der Waals surface area contributed by atoms with Gasteiger partial charge in [0, 0.05) is 18.4 Å². The summed E-state index contributed by atoms with van der Waals surface area (Å²) in [5.74, 6) is 5.22. The van der Waals surface area contributed by atoms with E-state index in [1.165, 1.54) is 44.9 Å². The molecule has 1 heterocycles. The molecule has 0 aliphatic heterocycles. The fraction of sp³-hybridized carbons (Fsp3) is 0.808. The maximum Gasteiger partial charge on any atom is 0.0622 e. The lowest BCUT2D eigenvalue weighted by atomic mass is 9.49. The molecule has 9 atom stereocenters. The van der Waals surface area contributed by atoms with Crippen LogP contribution in [0.4, 0.5) is 5.69 Å². The van der Waals surface area contributed by atoms with Gasteiger partial charge >= 0.3 is 0 Å². The van der Waals surface area contributed by atoms with Gasteiger partial charge in [-0.15, -0.1) is 0 Å². The van der Waals surface area contributed by atoms with Crippen LogP contribution in [0.3, 0.4) is 0 Å². The van der Waals surface area contributed by atoms with Crippen molar-refractivity contribution in [3.05, 3.63) is 24.5 Å². The summed E-state index contributed by atoms with van der Waals surface area (Å²) in [6.45, 7) is 7.10. The second kappa shape index (κ2) is 7.25. The molecule has 2 N–H and O–H groups in total. The molecule has 0 saturated heterocycles. The van der Waals surface area contributed by atoms with Gasteiger partial charge < -0.3 is 10.4 Å². The molecule has 0 unspecified atom stereocenters. The molecule has 5 rings (SSSR count). The summed E-state index contributed by atoms with van der Waals surface area (Å²) in [7, 11) is 0. The standard InChI is InChI=1S/C26H40N2O/c1-17(28-19-5-4-14-27-16-19)23-8-9-24-22-7-6-18-15-25(2,29)12-10-20(18)21(22)11-13-26(23,24)3/h4-5,14,16-18,20-24,28-29H,6-13,15H2,1-3H3/t17-,18+,20-,21+,22+,23+,24-,25+,26+/m0/s1. The summed E-state index contributed by atoms with van der Waals surface area (Å²) in [5.41, 5.74) is 1.25. The van der Waals surface area contributed by atoms with Crippen molar-refractivity contribution in [2.24, 2.45) is 40.9 Å². The van der Waals surface area contributed by atoms with Crippen molar-refractivity contribution in [2.45, 2.75) is 90.2 Å². The highest BCUT2D eigenvalue weighted by Crippen LogP contribution is 2.65. The van der Waals surface area contributed by atoms with Gasteiger partial charge in [0.15, 0.2) is 0 Å². The van der Waals surface area contributed by atoms with Crippen molar-refractivity contribution in [3.8, 4) is 0 Å². The molecule has 0 aromatic carbocycles. The van der Waals surface area contributed by atoms with Crippen molar-refractivity contribution in [1.82, 2.24) is 4.98 Å². The Hall–Kier alpha value is -1.09. The third-order valence-electron chi connectivity index (χ3n) is 9.97. The smallest absolute Gasteiger partial charge is 0.0622 e. The molecular weight excluding hydrogens is 356 g/mol. The molecule has 160 valence electrons. The second-order valence-corrected chi connectivity index (χ2v) is 11.6.